The molecule has 4 heterocycles. The number of hydrogen-bond acceptors (Lipinski definition) is 5. The van der Waals surface area contributed by atoms with Crippen molar-refractivity contribution in [3.8, 4) is 17.0 Å². The van der Waals surface area contributed by atoms with Gasteiger partial charge in [0.25, 0.3) is 0 Å². The molecule has 3 aliphatic rings. The van der Waals surface area contributed by atoms with Crippen LogP contribution in [0.25, 0.3) is 11.3 Å². The molecule has 1 aromatic carbocycles. The first-order chi connectivity index (χ1) is 16.7. The van der Waals surface area contributed by atoms with Crippen LogP contribution in [0.2, 0.25) is 0 Å². The van der Waals surface area contributed by atoms with Crippen LogP contribution in [0, 0.1) is 5.92 Å². The SMILES string of the molecule is O=C(O)C(F)(F)F.c1ccc2c(c1)OC1(CCN(Cc3ccoc3)CC1)c1c-2ncn1CC1CC1. The number of carboxylic acids is 1. The van der Waals surface area contributed by atoms with Crippen LogP contribution in [0.4, 0.5) is 13.2 Å². The molecule has 0 atom stereocenters. The Morgan fingerprint density at radius 2 is 1.89 bits per heavy atom. The van der Waals surface area contributed by atoms with Gasteiger partial charge in [0.1, 0.15) is 5.75 Å². The molecule has 1 saturated carbocycles. The van der Waals surface area contributed by atoms with Gasteiger partial charge in [-0.2, -0.15) is 13.2 Å². The molecule has 1 saturated heterocycles. The maximum atomic E-state index is 10.6. The maximum Gasteiger partial charge on any atom is 0.490 e. The average molecular weight is 489 g/mol. The van der Waals surface area contributed by atoms with Crippen LogP contribution in [0.5, 0.6) is 5.75 Å². The number of fused-ring (bicyclic) bond motifs is 4. The molecule has 1 aliphatic carbocycles. The van der Waals surface area contributed by atoms with Gasteiger partial charge in [-0.15, -0.1) is 0 Å². The van der Waals surface area contributed by atoms with Crippen molar-refractivity contribution in [1.82, 2.24) is 14.5 Å². The third-order valence-corrected chi connectivity index (χ3v) is 6.76. The fourth-order valence-electron chi connectivity index (χ4n) is 4.84. The quantitative estimate of drug-likeness (QED) is 0.551. The zero-order valence-electron chi connectivity index (χ0n) is 19.0. The van der Waals surface area contributed by atoms with Crippen LogP contribution in [0.1, 0.15) is 36.9 Å². The van der Waals surface area contributed by atoms with Crippen molar-refractivity contribution in [2.24, 2.45) is 5.92 Å². The van der Waals surface area contributed by atoms with Gasteiger partial charge >= 0.3 is 12.1 Å². The lowest BCUT2D eigenvalue weighted by atomic mass is 9.83. The molecule has 2 fully saturated rings. The third kappa shape index (κ3) is 4.93. The van der Waals surface area contributed by atoms with Crippen LogP contribution in [-0.2, 0) is 23.5 Å². The van der Waals surface area contributed by atoms with E-state index >= 15 is 0 Å². The first-order valence-electron chi connectivity index (χ1n) is 11.6. The normalized spacial score (nSPS) is 18.7. The molecule has 186 valence electrons. The Labute approximate surface area is 200 Å². The summed E-state index contributed by atoms with van der Waals surface area (Å²) in [5.41, 5.74) is 4.55. The molecule has 35 heavy (non-hydrogen) atoms. The van der Waals surface area contributed by atoms with Crippen molar-refractivity contribution >= 4 is 5.97 Å². The van der Waals surface area contributed by atoms with E-state index in [0.29, 0.717) is 0 Å². The minimum Gasteiger partial charge on any atom is -0.480 e. The average Bonchev–Trinajstić information content (AvgIpc) is 3.30. The van der Waals surface area contributed by atoms with Crippen LogP contribution >= 0.6 is 0 Å². The summed E-state index contributed by atoms with van der Waals surface area (Å²) in [5.74, 6) is -0.962. The zero-order valence-corrected chi connectivity index (χ0v) is 19.0. The molecule has 6 rings (SSSR count). The van der Waals surface area contributed by atoms with Crippen molar-refractivity contribution in [3.05, 3.63) is 60.4 Å². The second-order valence-electron chi connectivity index (χ2n) is 9.34. The molecular formula is C25H26F3N3O4. The number of ether oxygens (including phenoxy) is 1. The summed E-state index contributed by atoms with van der Waals surface area (Å²) >= 11 is 0. The molecule has 0 amide bonds. The number of furan rings is 1. The number of piperidine rings is 1. The summed E-state index contributed by atoms with van der Waals surface area (Å²) in [4.78, 5) is 16.3. The van der Waals surface area contributed by atoms with Crippen molar-refractivity contribution in [1.29, 1.82) is 0 Å². The summed E-state index contributed by atoms with van der Waals surface area (Å²) < 4.78 is 46.1. The Morgan fingerprint density at radius 1 is 1.17 bits per heavy atom. The van der Waals surface area contributed by atoms with E-state index in [9.17, 15) is 13.2 Å². The Kier molecular flexibility index (Phi) is 6.08. The van der Waals surface area contributed by atoms with Gasteiger partial charge in [0.2, 0.25) is 0 Å². The molecule has 0 bridgehead atoms. The van der Waals surface area contributed by atoms with Gasteiger partial charge in [0.15, 0.2) is 5.60 Å². The molecular weight excluding hydrogens is 463 g/mol. The second kappa shape index (κ2) is 9.07. The number of rotatable bonds is 4. The number of carboxylic acid groups (broad SMARTS) is 1. The molecule has 0 unspecified atom stereocenters. The van der Waals surface area contributed by atoms with E-state index in [-0.39, 0.29) is 5.60 Å². The highest BCUT2D eigenvalue weighted by Crippen LogP contribution is 2.49. The van der Waals surface area contributed by atoms with Gasteiger partial charge in [-0.1, -0.05) is 12.1 Å². The molecule has 1 N–H and O–H groups in total. The molecule has 3 aromatic rings. The van der Waals surface area contributed by atoms with Crippen LogP contribution in [-0.4, -0.2) is 44.8 Å². The lowest BCUT2D eigenvalue weighted by molar-refractivity contribution is -0.192. The number of benzene rings is 1. The van der Waals surface area contributed by atoms with E-state index in [1.807, 2.05) is 12.6 Å². The molecule has 2 aromatic heterocycles. The third-order valence-electron chi connectivity index (χ3n) is 6.76. The van der Waals surface area contributed by atoms with Crippen LogP contribution < -0.4 is 4.74 Å². The molecule has 2 aliphatic heterocycles. The van der Waals surface area contributed by atoms with Crippen molar-refractivity contribution in [2.45, 2.75) is 50.6 Å². The summed E-state index contributed by atoms with van der Waals surface area (Å²) in [6.45, 7) is 4.05. The number of alkyl halides is 3. The molecule has 10 heteroatoms. The number of nitrogens with zero attached hydrogens (tertiary/aromatic N) is 3. The standard InChI is InChI=1S/C23H25N3O2.C2HF3O2/c1-2-4-20-19(3-1)21-22(26(16-24-21)14-17-5-6-17)23(28-20)8-10-25(11-9-23)13-18-7-12-27-15-18;3-2(4,5)1(6)7/h1-4,7,12,15-17H,5-6,8-11,13-14H2;(H,6,7). The Bertz CT molecular complexity index is 1180. The maximum absolute atomic E-state index is 10.6. The lowest BCUT2D eigenvalue weighted by Gasteiger charge is -2.44. The largest absolute Gasteiger partial charge is 0.490 e. The lowest BCUT2D eigenvalue weighted by Crippen LogP contribution is -2.48. The van der Waals surface area contributed by atoms with E-state index in [0.717, 1.165) is 61.9 Å². The number of carbonyl (C=O) groups is 1. The van der Waals surface area contributed by atoms with Crippen molar-refractivity contribution < 1.29 is 32.2 Å². The van der Waals surface area contributed by atoms with Crippen molar-refractivity contribution in [3.63, 3.8) is 0 Å². The monoisotopic (exact) mass is 489 g/mol. The highest BCUT2D eigenvalue weighted by molar-refractivity contribution is 5.73. The van der Waals surface area contributed by atoms with Gasteiger partial charge in [-0.25, -0.2) is 9.78 Å². The van der Waals surface area contributed by atoms with Crippen LogP contribution in [0.3, 0.4) is 0 Å². The van der Waals surface area contributed by atoms with Gasteiger partial charge in [-0.05, 0) is 37.0 Å². The summed E-state index contributed by atoms with van der Waals surface area (Å²) in [6, 6.07) is 10.4. The van der Waals surface area contributed by atoms with E-state index < -0.39 is 12.1 Å². The Hall–Kier alpha value is -3.27. The van der Waals surface area contributed by atoms with Gasteiger partial charge in [0.05, 0.1) is 30.2 Å². The highest BCUT2D eigenvalue weighted by Gasteiger charge is 2.47. The number of aromatic nitrogens is 2. The minimum atomic E-state index is -5.08. The minimum absolute atomic E-state index is 0.262. The van der Waals surface area contributed by atoms with E-state index in [1.54, 1.807) is 6.26 Å². The van der Waals surface area contributed by atoms with E-state index in [4.69, 9.17) is 24.0 Å². The predicted molar refractivity (Wildman–Crippen MR) is 120 cm³/mol. The van der Waals surface area contributed by atoms with Crippen molar-refractivity contribution in [2.75, 3.05) is 13.1 Å². The first-order valence-corrected chi connectivity index (χ1v) is 11.6. The summed E-state index contributed by atoms with van der Waals surface area (Å²) in [5, 5.41) is 7.12. The fraction of sp³-hybridized carbons (Fsp3) is 0.440. The molecule has 0 radical (unpaired) electrons. The van der Waals surface area contributed by atoms with Gasteiger partial charge in [0, 0.05) is 50.1 Å². The van der Waals surface area contributed by atoms with E-state index in [1.165, 1.54) is 24.1 Å². The van der Waals surface area contributed by atoms with E-state index in [2.05, 4.69) is 39.8 Å². The summed E-state index contributed by atoms with van der Waals surface area (Å²) in [6.07, 6.45) is 5.23. The van der Waals surface area contributed by atoms with Gasteiger partial charge < -0.3 is 18.8 Å². The fourth-order valence-corrected chi connectivity index (χ4v) is 4.84. The number of hydrogen-bond donors (Lipinski definition) is 1. The van der Waals surface area contributed by atoms with Crippen LogP contribution in [0.15, 0.2) is 53.6 Å². The smallest absolute Gasteiger partial charge is 0.480 e. The Morgan fingerprint density at radius 3 is 2.51 bits per heavy atom. The zero-order chi connectivity index (χ0) is 24.6. The van der Waals surface area contributed by atoms with Gasteiger partial charge in [-0.3, -0.25) is 4.90 Å². The first kappa shape index (κ1) is 23.5. The number of halogens is 3. The molecule has 1 spiro atoms. The predicted octanol–water partition coefficient (Wildman–Crippen LogP) is 5.07. The highest BCUT2D eigenvalue weighted by atomic mass is 19.4. The number of imidazole rings is 1. The summed E-state index contributed by atoms with van der Waals surface area (Å²) in [7, 11) is 0. The topological polar surface area (TPSA) is 80.7 Å². The number of likely N-dealkylation sites (tertiary alicyclic amines) is 1. The molecule has 7 nitrogen and oxygen atoms in total. The number of aliphatic carboxylic acids is 1. The second-order valence-corrected chi connectivity index (χ2v) is 9.34. The number of para-hydroxylation sites is 1. The Balaban J connectivity index is 0.000000320.